The van der Waals surface area contributed by atoms with Crippen molar-refractivity contribution in [3.63, 3.8) is 0 Å². The van der Waals surface area contributed by atoms with E-state index in [4.69, 9.17) is 28.4 Å². The van der Waals surface area contributed by atoms with Crippen LogP contribution in [0.4, 0.5) is 32.6 Å². The van der Waals surface area contributed by atoms with Gasteiger partial charge in [0.25, 0.3) is 0 Å². The quantitative estimate of drug-likeness (QED) is 0.0841. The molecule has 16 nitrogen and oxygen atoms in total. The van der Waals surface area contributed by atoms with Crippen LogP contribution >= 0.6 is 0 Å². The highest BCUT2D eigenvalue weighted by molar-refractivity contribution is 5.94. The maximum absolute atomic E-state index is 12.6. The predicted octanol–water partition coefficient (Wildman–Crippen LogP) is 7.67. The van der Waals surface area contributed by atoms with Crippen molar-refractivity contribution >= 4 is 57.0 Å². The summed E-state index contributed by atoms with van der Waals surface area (Å²) in [6.45, 7) is 0.414. The van der Waals surface area contributed by atoms with Crippen molar-refractivity contribution < 1.29 is 38.0 Å². The standard InChI is InChI=1S/C42H38N8O8/c1-53-35-17-31-33(19-37(35)55-3)45-23-47-39(31)49-27-8-12-29(13-9-27)57-41(51)43-21-25-6-5-7-26(16-25)22-44-42(52)58-30-14-10-28(11-15-30)50-40-32-18-36(54-2)38(56-4)20-34(32)46-24-48-40/h5-20,23-24H,21-22H2,1-4H3,(H,43,51)(H,44,52)(H,45,47,49)(H,46,48,50). The third kappa shape index (κ3) is 9.14. The number of hydrogen-bond donors (Lipinski definition) is 4. The summed E-state index contributed by atoms with van der Waals surface area (Å²) in [5.74, 6) is 4.09. The van der Waals surface area contributed by atoms with E-state index < -0.39 is 12.2 Å². The topological polar surface area (TPSA) is 189 Å². The van der Waals surface area contributed by atoms with Gasteiger partial charge in [0.1, 0.15) is 35.8 Å². The van der Waals surface area contributed by atoms with E-state index in [1.807, 2.05) is 24.3 Å². The average Bonchev–Trinajstić information content (AvgIpc) is 3.25. The monoisotopic (exact) mass is 782 g/mol. The molecule has 0 aliphatic carbocycles. The fraction of sp³-hybridized carbons (Fsp3) is 0.143. The van der Waals surface area contributed by atoms with Crippen molar-refractivity contribution in [2.24, 2.45) is 0 Å². The van der Waals surface area contributed by atoms with Crippen molar-refractivity contribution in [3.8, 4) is 34.5 Å². The van der Waals surface area contributed by atoms with Crippen LogP contribution in [0, 0.1) is 0 Å². The molecule has 0 aliphatic rings. The highest BCUT2D eigenvalue weighted by Crippen LogP contribution is 2.36. The first-order valence-electron chi connectivity index (χ1n) is 17.8. The zero-order valence-electron chi connectivity index (χ0n) is 31.9. The second-order valence-electron chi connectivity index (χ2n) is 12.5. The minimum Gasteiger partial charge on any atom is -0.493 e. The molecule has 7 aromatic rings. The van der Waals surface area contributed by atoms with Gasteiger partial charge in [-0.1, -0.05) is 24.3 Å². The van der Waals surface area contributed by atoms with E-state index in [0.717, 1.165) is 33.3 Å². The van der Waals surface area contributed by atoms with E-state index in [-0.39, 0.29) is 13.1 Å². The third-order valence-corrected chi connectivity index (χ3v) is 8.80. The lowest BCUT2D eigenvalue weighted by atomic mass is 10.1. The summed E-state index contributed by atoms with van der Waals surface area (Å²) >= 11 is 0. The zero-order chi connectivity index (χ0) is 40.4. The van der Waals surface area contributed by atoms with Crippen LogP contribution < -0.4 is 49.7 Å². The molecule has 2 amide bonds. The SMILES string of the molecule is COc1cc2ncnc(Nc3ccc(OC(=O)NCc4cccc(CNC(=O)Oc5ccc(Nc6ncnc7cc(OC)c(OC)cc67)cc5)c4)cc3)c2cc1OC. The summed E-state index contributed by atoms with van der Waals surface area (Å²) in [7, 11) is 6.26. The lowest BCUT2D eigenvalue weighted by molar-refractivity contribution is 0.199. The number of nitrogens with one attached hydrogen (secondary N) is 4. The Balaban J connectivity index is 0.868. The first kappa shape index (κ1) is 38.4. The molecule has 4 N–H and O–H groups in total. The predicted molar refractivity (Wildman–Crippen MR) is 217 cm³/mol. The van der Waals surface area contributed by atoms with Crippen LogP contribution in [-0.4, -0.2) is 60.6 Å². The largest absolute Gasteiger partial charge is 0.493 e. The van der Waals surface area contributed by atoms with Gasteiger partial charge in [-0.25, -0.2) is 29.5 Å². The number of aromatic nitrogens is 4. The number of fused-ring (bicyclic) bond motifs is 2. The van der Waals surface area contributed by atoms with Gasteiger partial charge in [-0.2, -0.15) is 0 Å². The number of carbonyl (C=O) groups is 2. The first-order chi connectivity index (χ1) is 28.3. The Bertz CT molecular complexity index is 2400. The minimum atomic E-state index is -0.622. The molecule has 0 bridgehead atoms. The van der Waals surface area contributed by atoms with E-state index in [0.29, 0.717) is 57.2 Å². The molecule has 0 spiro atoms. The van der Waals surface area contributed by atoms with E-state index in [9.17, 15) is 9.59 Å². The summed E-state index contributed by atoms with van der Waals surface area (Å²) < 4.78 is 32.6. The van der Waals surface area contributed by atoms with Gasteiger partial charge in [0, 0.05) is 47.4 Å². The van der Waals surface area contributed by atoms with Gasteiger partial charge in [0.15, 0.2) is 23.0 Å². The molecule has 0 unspecified atom stereocenters. The Kier molecular flexibility index (Phi) is 11.7. The molecule has 16 heteroatoms. The molecule has 0 atom stereocenters. The summed E-state index contributed by atoms with van der Waals surface area (Å²) in [4.78, 5) is 42.7. The fourth-order valence-corrected chi connectivity index (χ4v) is 5.94. The number of ether oxygens (including phenoxy) is 6. The summed E-state index contributed by atoms with van der Waals surface area (Å²) in [5.41, 5.74) is 4.44. The number of methoxy groups -OCH3 is 4. The summed E-state index contributed by atoms with van der Waals surface area (Å²) in [6, 6.07) is 28.3. The van der Waals surface area contributed by atoms with Crippen LogP contribution in [0.1, 0.15) is 11.1 Å². The van der Waals surface area contributed by atoms with Gasteiger partial charge in [-0.05, 0) is 71.8 Å². The van der Waals surface area contributed by atoms with E-state index in [2.05, 4.69) is 41.2 Å². The Morgan fingerprint density at radius 3 is 1.29 bits per heavy atom. The van der Waals surface area contributed by atoms with Crippen LogP contribution in [0.5, 0.6) is 34.5 Å². The van der Waals surface area contributed by atoms with Gasteiger partial charge < -0.3 is 49.7 Å². The third-order valence-electron chi connectivity index (χ3n) is 8.80. The van der Waals surface area contributed by atoms with Crippen molar-refractivity contribution in [2.45, 2.75) is 13.1 Å². The molecule has 58 heavy (non-hydrogen) atoms. The smallest absolute Gasteiger partial charge is 0.412 e. The summed E-state index contributed by atoms with van der Waals surface area (Å²) in [6.07, 6.45) is 1.67. The minimum absolute atomic E-state index is 0.207. The number of rotatable bonds is 14. The van der Waals surface area contributed by atoms with Crippen LogP contribution in [0.15, 0.2) is 110 Å². The Morgan fingerprint density at radius 2 is 0.897 bits per heavy atom. The van der Waals surface area contributed by atoms with Gasteiger partial charge >= 0.3 is 12.2 Å². The van der Waals surface area contributed by atoms with Gasteiger partial charge in [0.05, 0.1) is 39.5 Å². The maximum Gasteiger partial charge on any atom is 0.412 e. The van der Waals surface area contributed by atoms with Crippen LogP contribution in [0.3, 0.4) is 0 Å². The lowest BCUT2D eigenvalue weighted by Crippen LogP contribution is -2.27. The van der Waals surface area contributed by atoms with Gasteiger partial charge in [-0.3, -0.25) is 0 Å². The second-order valence-corrected chi connectivity index (χ2v) is 12.5. The van der Waals surface area contributed by atoms with Crippen molar-refractivity contribution in [2.75, 3.05) is 39.1 Å². The highest BCUT2D eigenvalue weighted by atomic mass is 16.6. The second kappa shape index (κ2) is 17.7. The molecule has 0 radical (unpaired) electrons. The molecule has 0 saturated carbocycles. The molecule has 2 heterocycles. The molecule has 2 aromatic heterocycles. The number of carbonyl (C=O) groups excluding carboxylic acids is 2. The van der Waals surface area contributed by atoms with E-state index in [1.54, 1.807) is 101 Å². The first-order valence-corrected chi connectivity index (χ1v) is 17.8. The van der Waals surface area contributed by atoms with E-state index >= 15 is 0 Å². The molecule has 7 rings (SSSR count). The van der Waals surface area contributed by atoms with Crippen molar-refractivity contribution in [3.05, 3.63) is 121 Å². The molecule has 5 aromatic carbocycles. The Labute approximate surface area is 332 Å². The van der Waals surface area contributed by atoms with Gasteiger partial charge in [-0.15, -0.1) is 0 Å². The lowest BCUT2D eigenvalue weighted by Gasteiger charge is -2.13. The fourth-order valence-electron chi connectivity index (χ4n) is 5.94. The van der Waals surface area contributed by atoms with Gasteiger partial charge in [0.2, 0.25) is 0 Å². The number of hydrogen-bond acceptors (Lipinski definition) is 14. The summed E-state index contributed by atoms with van der Waals surface area (Å²) in [5, 5.41) is 13.5. The molecule has 0 saturated heterocycles. The maximum atomic E-state index is 12.6. The normalized spacial score (nSPS) is 10.7. The average molecular weight is 783 g/mol. The van der Waals surface area contributed by atoms with Crippen molar-refractivity contribution in [1.82, 2.24) is 30.6 Å². The molecule has 0 aliphatic heterocycles. The number of anilines is 4. The number of amides is 2. The van der Waals surface area contributed by atoms with Crippen molar-refractivity contribution in [1.29, 1.82) is 0 Å². The molecule has 294 valence electrons. The highest BCUT2D eigenvalue weighted by Gasteiger charge is 2.14. The van der Waals surface area contributed by atoms with E-state index in [1.165, 1.54) is 12.7 Å². The molecule has 0 fully saturated rings. The Morgan fingerprint density at radius 1 is 0.500 bits per heavy atom. The van der Waals surface area contributed by atoms with Crippen LogP contribution in [0.25, 0.3) is 21.8 Å². The molecular weight excluding hydrogens is 745 g/mol. The number of nitrogens with zero attached hydrogens (tertiary/aromatic N) is 4. The zero-order valence-corrected chi connectivity index (χ0v) is 31.9. The van der Waals surface area contributed by atoms with Crippen LogP contribution in [-0.2, 0) is 13.1 Å². The number of benzene rings is 5. The Hall–Kier alpha value is -7.88. The van der Waals surface area contributed by atoms with Crippen LogP contribution in [0.2, 0.25) is 0 Å². The molecular formula is C42H38N8O8.